The van der Waals surface area contributed by atoms with Crippen LogP contribution >= 0.6 is 0 Å². The fourth-order valence-electron chi connectivity index (χ4n) is 2.63. The van der Waals surface area contributed by atoms with Gasteiger partial charge in [-0.2, -0.15) is 0 Å². The van der Waals surface area contributed by atoms with E-state index in [1.807, 2.05) is 4.90 Å². The first-order chi connectivity index (χ1) is 12.2. The highest BCUT2D eigenvalue weighted by atomic mass is 19.4. The lowest BCUT2D eigenvalue weighted by molar-refractivity contribution is -0.274. The van der Waals surface area contributed by atoms with Gasteiger partial charge >= 0.3 is 18.4 Å². The molecule has 0 bridgehead atoms. The molecule has 10 heteroatoms. The molecule has 0 radical (unpaired) electrons. The molecule has 0 atom stereocenters. The number of alkyl halides is 3. The average Bonchev–Trinajstić information content (AvgIpc) is 2.53. The summed E-state index contributed by atoms with van der Waals surface area (Å²) in [7, 11) is 0. The van der Waals surface area contributed by atoms with Crippen LogP contribution in [0.2, 0.25) is 0 Å². The molecule has 0 aromatic heterocycles. The predicted molar refractivity (Wildman–Crippen MR) is 84.0 cm³/mol. The molecule has 1 aromatic rings. The molecule has 2 rings (SSSR count). The number of piperazine rings is 1. The van der Waals surface area contributed by atoms with Crippen LogP contribution in [0.1, 0.15) is 22.8 Å². The van der Waals surface area contributed by atoms with Gasteiger partial charge in [0.25, 0.3) is 0 Å². The summed E-state index contributed by atoms with van der Waals surface area (Å²) >= 11 is 0. The van der Waals surface area contributed by atoms with Crippen LogP contribution in [0, 0.1) is 0 Å². The molecule has 0 saturated carbocycles. The Labute approximate surface area is 147 Å². The standard InChI is InChI=1S/C16H19F3N2O5/c1-2-25-14(22)12-7-11(8-13(9-12)26-16(17,18)19)10-20-3-5-21(6-4-20)15(23)24/h7-9H,2-6,10H2,1H3,(H,23,24). The van der Waals surface area contributed by atoms with Gasteiger partial charge in [0.2, 0.25) is 0 Å². The lowest BCUT2D eigenvalue weighted by Crippen LogP contribution is -2.47. The number of carbonyl (C=O) groups is 2. The lowest BCUT2D eigenvalue weighted by Gasteiger charge is -2.33. The lowest BCUT2D eigenvalue weighted by atomic mass is 10.1. The molecule has 26 heavy (non-hydrogen) atoms. The fraction of sp³-hybridized carbons (Fsp3) is 0.500. The number of rotatable bonds is 5. The van der Waals surface area contributed by atoms with E-state index in [9.17, 15) is 22.8 Å². The van der Waals surface area contributed by atoms with Crippen molar-refractivity contribution in [3.8, 4) is 5.75 Å². The van der Waals surface area contributed by atoms with Crippen molar-refractivity contribution in [1.82, 2.24) is 9.80 Å². The maximum Gasteiger partial charge on any atom is 0.573 e. The highest BCUT2D eigenvalue weighted by Crippen LogP contribution is 2.26. The van der Waals surface area contributed by atoms with Crippen molar-refractivity contribution in [3.63, 3.8) is 0 Å². The van der Waals surface area contributed by atoms with Crippen molar-refractivity contribution in [2.75, 3.05) is 32.8 Å². The van der Waals surface area contributed by atoms with E-state index in [2.05, 4.69) is 4.74 Å². The van der Waals surface area contributed by atoms with Gasteiger partial charge in [-0.15, -0.1) is 13.2 Å². The first-order valence-corrected chi connectivity index (χ1v) is 7.95. The van der Waals surface area contributed by atoms with E-state index >= 15 is 0 Å². The van der Waals surface area contributed by atoms with Crippen molar-refractivity contribution in [2.45, 2.75) is 19.8 Å². The number of amides is 1. The SMILES string of the molecule is CCOC(=O)c1cc(CN2CCN(C(=O)O)CC2)cc(OC(F)(F)F)c1. The van der Waals surface area contributed by atoms with Gasteiger partial charge < -0.3 is 19.5 Å². The van der Waals surface area contributed by atoms with E-state index in [-0.39, 0.29) is 18.7 Å². The summed E-state index contributed by atoms with van der Waals surface area (Å²) in [6, 6.07) is 3.64. The molecule has 1 aromatic carbocycles. The number of benzene rings is 1. The third kappa shape index (κ3) is 5.80. The van der Waals surface area contributed by atoms with Crippen LogP contribution in [0.3, 0.4) is 0 Å². The molecule has 144 valence electrons. The third-order valence-electron chi connectivity index (χ3n) is 3.76. The van der Waals surface area contributed by atoms with Crippen LogP contribution in [-0.2, 0) is 11.3 Å². The van der Waals surface area contributed by atoms with Crippen LogP contribution in [0.4, 0.5) is 18.0 Å². The number of carbonyl (C=O) groups excluding carboxylic acids is 1. The minimum atomic E-state index is -4.88. The zero-order valence-electron chi connectivity index (χ0n) is 14.1. The summed E-state index contributed by atoms with van der Waals surface area (Å²) in [5.74, 6) is -1.24. The summed E-state index contributed by atoms with van der Waals surface area (Å²) in [4.78, 5) is 25.9. The molecular weight excluding hydrogens is 357 g/mol. The maximum absolute atomic E-state index is 12.5. The number of ether oxygens (including phenoxy) is 2. The Hall–Kier alpha value is -2.49. The zero-order valence-corrected chi connectivity index (χ0v) is 14.1. The van der Waals surface area contributed by atoms with Crippen LogP contribution in [0.15, 0.2) is 18.2 Å². The maximum atomic E-state index is 12.5. The summed E-state index contributed by atoms with van der Waals surface area (Å²) in [6.07, 6.45) is -5.88. The second kappa shape index (κ2) is 8.26. The van der Waals surface area contributed by atoms with Crippen molar-refractivity contribution in [3.05, 3.63) is 29.3 Å². The molecule has 1 N–H and O–H groups in total. The molecule has 1 amide bonds. The largest absolute Gasteiger partial charge is 0.573 e. The third-order valence-corrected chi connectivity index (χ3v) is 3.76. The number of nitrogens with zero attached hydrogens (tertiary/aromatic N) is 2. The van der Waals surface area contributed by atoms with Crippen molar-refractivity contribution in [1.29, 1.82) is 0 Å². The van der Waals surface area contributed by atoms with Crippen LogP contribution in [-0.4, -0.2) is 66.1 Å². The molecule has 1 heterocycles. The Bertz CT molecular complexity index is 658. The first-order valence-electron chi connectivity index (χ1n) is 7.95. The van der Waals surface area contributed by atoms with Crippen LogP contribution in [0.5, 0.6) is 5.75 Å². The molecule has 0 spiro atoms. The normalized spacial score (nSPS) is 15.6. The Morgan fingerprint density at radius 3 is 2.35 bits per heavy atom. The minimum absolute atomic E-state index is 0.0345. The van der Waals surface area contributed by atoms with Crippen LogP contribution in [0.25, 0.3) is 0 Å². The van der Waals surface area contributed by atoms with Gasteiger partial charge in [0.1, 0.15) is 5.75 Å². The summed E-state index contributed by atoms with van der Waals surface area (Å²) < 4.78 is 46.3. The number of esters is 1. The molecule has 0 aliphatic carbocycles. The van der Waals surface area contributed by atoms with E-state index in [4.69, 9.17) is 9.84 Å². The van der Waals surface area contributed by atoms with E-state index in [0.717, 1.165) is 6.07 Å². The van der Waals surface area contributed by atoms with Gasteiger partial charge in [-0.1, -0.05) is 0 Å². The predicted octanol–water partition coefficient (Wildman–Crippen LogP) is 2.56. The first kappa shape index (κ1) is 19.8. The number of halogens is 3. The minimum Gasteiger partial charge on any atom is -0.465 e. The summed E-state index contributed by atoms with van der Waals surface area (Å²) in [6.45, 7) is 3.43. The molecular formula is C16H19F3N2O5. The van der Waals surface area contributed by atoms with Gasteiger partial charge in [-0.25, -0.2) is 9.59 Å². The molecule has 1 fully saturated rings. The number of hydrogen-bond donors (Lipinski definition) is 1. The Kier molecular flexibility index (Phi) is 6.30. The monoisotopic (exact) mass is 376 g/mol. The van der Waals surface area contributed by atoms with Gasteiger partial charge in [0.05, 0.1) is 12.2 Å². The van der Waals surface area contributed by atoms with Gasteiger partial charge in [0.15, 0.2) is 0 Å². The Morgan fingerprint density at radius 1 is 1.15 bits per heavy atom. The van der Waals surface area contributed by atoms with E-state index < -0.39 is 24.2 Å². The Morgan fingerprint density at radius 2 is 1.81 bits per heavy atom. The second-order valence-corrected chi connectivity index (χ2v) is 5.68. The van der Waals surface area contributed by atoms with Crippen molar-refractivity contribution in [2.24, 2.45) is 0 Å². The highest BCUT2D eigenvalue weighted by molar-refractivity contribution is 5.90. The zero-order chi connectivity index (χ0) is 19.3. The topological polar surface area (TPSA) is 79.3 Å². The molecule has 0 unspecified atom stereocenters. The fourth-order valence-corrected chi connectivity index (χ4v) is 2.63. The Balaban J connectivity index is 2.15. The van der Waals surface area contributed by atoms with Crippen molar-refractivity contribution >= 4 is 12.1 Å². The van der Waals surface area contributed by atoms with E-state index in [0.29, 0.717) is 31.7 Å². The van der Waals surface area contributed by atoms with Gasteiger partial charge in [0, 0.05) is 32.7 Å². The summed E-state index contributed by atoms with van der Waals surface area (Å²) in [5.41, 5.74) is 0.409. The van der Waals surface area contributed by atoms with E-state index in [1.54, 1.807) is 6.92 Å². The molecule has 7 nitrogen and oxygen atoms in total. The number of carboxylic acid groups (broad SMARTS) is 1. The number of hydrogen-bond acceptors (Lipinski definition) is 5. The highest BCUT2D eigenvalue weighted by Gasteiger charge is 2.32. The van der Waals surface area contributed by atoms with E-state index in [1.165, 1.54) is 17.0 Å². The van der Waals surface area contributed by atoms with Crippen LogP contribution < -0.4 is 4.74 Å². The van der Waals surface area contributed by atoms with Crippen molar-refractivity contribution < 1.29 is 37.3 Å². The van der Waals surface area contributed by atoms with Gasteiger partial charge in [-0.3, -0.25) is 4.90 Å². The summed E-state index contributed by atoms with van der Waals surface area (Å²) in [5, 5.41) is 8.94. The smallest absolute Gasteiger partial charge is 0.465 e. The molecule has 1 aliphatic rings. The second-order valence-electron chi connectivity index (χ2n) is 5.68. The quantitative estimate of drug-likeness (QED) is 0.796. The molecule has 1 aliphatic heterocycles. The average molecular weight is 376 g/mol. The van der Waals surface area contributed by atoms with Gasteiger partial charge in [-0.05, 0) is 30.7 Å². The molecule has 1 saturated heterocycles.